The first-order valence-corrected chi connectivity index (χ1v) is 9.96. The Kier molecular flexibility index (Phi) is 7.95. The normalized spacial score (nSPS) is 24.7. The Labute approximate surface area is 189 Å². The summed E-state index contributed by atoms with van der Waals surface area (Å²) in [6, 6.07) is 8.43. The zero-order valence-corrected chi connectivity index (χ0v) is 18.0. The predicted molar refractivity (Wildman–Crippen MR) is 111 cm³/mol. The number of hydrogen-bond donors (Lipinski definition) is 5. The van der Waals surface area contributed by atoms with Gasteiger partial charge in [0.2, 0.25) is 6.29 Å². The van der Waals surface area contributed by atoms with E-state index in [0.717, 1.165) is 0 Å². The van der Waals surface area contributed by atoms with Crippen molar-refractivity contribution in [1.82, 2.24) is 0 Å². The van der Waals surface area contributed by atoms with Crippen LogP contribution in [0.5, 0.6) is 23.0 Å². The highest BCUT2D eigenvalue weighted by Crippen LogP contribution is 2.29. The molecule has 0 bridgehead atoms. The first-order valence-electron chi connectivity index (χ1n) is 9.96. The number of esters is 1. The average Bonchev–Trinajstić information content (AvgIpc) is 2.83. The lowest BCUT2D eigenvalue weighted by Gasteiger charge is -2.39. The van der Waals surface area contributed by atoms with Crippen molar-refractivity contribution in [3.8, 4) is 23.0 Å². The fraction of sp³-hybridized carbons (Fsp3) is 0.409. The summed E-state index contributed by atoms with van der Waals surface area (Å²) in [7, 11) is 2.76. The maximum Gasteiger partial charge on any atom is 0.338 e. The number of phenolic OH excluding ortho intramolecular Hbond substituents is 1. The first-order chi connectivity index (χ1) is 15.8. The van der Waals surface area contributed by atoms with E-state index >= 15 is 0 Å². The second kappa shape index (κ2) is 10.7. The zero-order valence-electron chi connectivity index (χ0n) is 18.0. The number of methoxy groups -OCH3 is 2. The molecule has 2 aromatic rings. The Morgan fingerprint density at radius 3 is 2.36 bits per heavy atom. The van der Waals surface area contributed by atoms with E-state index in [4.69, 9.17) is 23.7 Å². The molecule has 0 aliphatic carbocycles. The van der Waals surface area contributed by atoms with Gasteiger partial charge >= 0.3 is 5.97 Å². The number of phenols is 1. The molecule has 1 saturated heterocycles. The number of benzene rings is 2. The second-order valence-corrected chi connectivity index (χ2v) is 7.29. The summed E-state index contributed by atoms with van der Waals surface area (Å²) in [5.74, 6) is -0.303. The number of aliphatic hydroxyl groups excluding tert-OH is 4. The third-order valence-electron chi connectivity index (χ3n) is 5.07. The Morgan fingerprint density at radius 1 is 0.970 bits per heavy atom. The molecule has 5 atom stereocenters. The SMILES string of the molecule is COc1cc(CO)cc(O[C@@H]2O[C@H](COC(=O)c3ccc(O)c(OC)c3)[C@@H](O)[C@H](O)[C@H]2O)c1. The fourth-order valence-corrected chi connectivity index (χ4v) is 3.24. The van der Waals surface area contributed by atoms with Crippen molar-refractivity contribution in [3.63, 3.8) is 0 Å². The van der Waals surface area contributed by atoms with Gasteiger partial charge in [-0.1, -0.05) is 0 Å². The Balaban J connectivity index is 1.70. The van der Waals surface area contributed by atoms with Gasteiger partial charge in [0.1, 0.15) is 42.5 Å². The topological polar surface area (TPSA) is 164 Å². The van der Waals surface area contributed by atoms with E-state index in [-0.39, 0.29) is 29.4 Å². The summed E-state index contributed by atoms with van der Waals surface area (Å²) in [5.41, 5.74) is 0.557. The molecule has 2 aromatic carbocycles. The van der Waals surface area contributed by atoms with E-state index in [1.165, 1.54) is 44.6 Å². The molecule has 0 amide bonds. The van der Waals surface area contributed by atoms with Crippen LogP contribution in [0.2, 0.25) is 0 Å². The number of rotatable bonds is 8. The van der Waals surface area contributed by atoms with Crippen molar-refractivity contribution >= 4 is 5.97 Å². The molecule has 1 heterocycles. The highest BCUT2D eigenvalue weighted by molar-refractivity contribution is 5.90. The van der Waals surface area contributed by atoms with Crippen LogP contribution in [0.3, 0.4) is 0 Å². The van der Waals surface area contributed by atoms with E-state index in [0.29, 0.717) is 11.3 Å². The number of aromatic hydroxyl groups is 1. The van der Waals surface area contributed by atoms with Crippen molar-refractivity contribution in [2.24, 2.45) is 0 Å². The molecule has 1 fully saturated rings. The Bertz CT molecular complexity index is 941. The van der Waals surface area contributed by atoms with Gasteiger partial charge < -0.3 is 49.2 Å². The molecule has 0 unspecified atom stereocenters. The standard InChI is InChI=1S/C22H26O11/c1-29-13-5-11(9-23)6-14(8-13)32-22-20(27)19(26)18(25)17(33-22)10-31-21(28)12-3-4-15(24)16(7-12)30-2/h3-8,17-20,22-27H,9-10H2,1-2H3/t17-,18-,19+,20-,22-/m1/s1. The number of hydrogen-bond acceptors (Lipinski definition) is 11. The molecule has 0 spiro atoms. The van der Waals surface area contributed by atoms with E-state index < -0.39 is 43.3 Å². The number of carbonyl (C=O) groups excluding carboxylic acids is 1. The molecule has 33 heavy (non-hydrogen) atoms. The summed E-state index contributed by atoms with van der Waals surface area (Å²) in [5, 5.41) is 49.8. The molecule has 11 heteroatoms. The lowest BCUT2D eigenvalue weighted by atomic mass is 9.99. The molecular formula is C22H26O11. The molecule has 0 saturated carbocycles. The van der Waals surface area contributed by atoms with Crippen LogP contribution in [0.25, 0.3) is 0 Å². The maximum atomic E-state index is 12.4. The van der Waals surface area contributed by atoms with Crippen molar-refractivity contribution in [1.29, 1.82) is 0 Å². The van der Waals surface area contributed by atoms with Crippen LogP contribution in [0, 0.1) is 0 Å². The predicted octanol–water partition coefficient (Wildman–Crippen LogP) is -0.0549. The highest BCUT2D eigenvalue weighted by atomic mass is 16.7. The molecule has 180 valence electrons. The van der Waals surface area contributed by atoms with Gasteiger partial charge in [-0.2, -0.15) is 0 Å². The van der Waals surface area contributed by atoms with Gasteiger partial charge in [-0.25, -0.2) is 4.79 Å². The molecule has 3 rings (SSSR count). The van der Waals surface area contributed by atoms with E-state index in [2.05, 4.69) is 0 Å². The smallest absolute Gasteiger partial charge is 0.338 e. The third kappa shape index (κ3) is 5.64. The summed E-state index contributed by atoms with van der Waals surface area (Å²) in [6.45, 7) is -0.754. The summed E-state index contributed by atoms with van der Waals surface area (Å²) in [4.78, 5) is 12.4. The van der Waals surface area contributed by atoms with Crippen molar-refractivity contribution in [2.75, 3.05) is 20.8 Å². The number of aliphatic hydroxyl groups is 4. The van der Waals surface area contributed by atoms with Gasteiger partial charge in [0.05, 0.1) is 26.4 Å². The van der Waals surface area contributed by atoms with Gasteiger partial charge in [0, 0.05) is 6.07 Å². The summed E-state index contributed by atoms with van der Waals surface area (Å²) in [6.07, 6.45) is -7.47. The number of ether oxygens (including phenoxy) is 5. The monoisotopic (exact) mass is 466 g/mol. The van der Waals surface area contributed by atoms with Gasteiger partial charge in [-0.15, -0.1) is 0 Å². The van der Waals surface area contributed by atoms with Crippen LogP contribution in [-0.4, -0.2) is 83.0 Å². The van der Waals surface area contributed by atoms with Gasteiger partial charge in [0.25, 0.3) is 0 Å². The highest BCUT2D eigenvalue weighted by Gasteiger charge is 2.45. The van der Waals surface area contributed by atoms with Crippen LogP contribution >= 0.6 is 0 Å². The second-order valence-electron chi connectivity index (χ2n) is 7.29. The molecular weight excluding hydrogens is 440 g/mol. The molecule has 0 aromatic heterocycles. The van der Waals surface area contributed by atoms with Crippen LogP contribution in [0.4, 0.5) is 0 Å². The Hall–Kier alpha value is -3.09. The Morgan fingerprint density at radius 2 is 1.70 bits per heavy atom. The quantitative estimate of drug-likeness (QED) is 0.331. The first kappa shape index (κ1) is 24.6. The third-order valence-corrected chi connectivity index (χ3v) is 5.07. The summed E-state index contributed by atoms with van der Waals surface area (Å²) >= 11 is 0. The van der Waals surface area contributed by atoms with E-state index in [1.54, 1.807) is 6.07 Å². The van der Waals surface area contributed by atoms with E-state index in [1.807, 2.05) is 0 Å². The zero-order chi connectivity index (χ0) is 24.1. The van der Waals surface area contributed by atoms with Crippen LogP contribution in [0.1, 0.15) is 15.9 Å². The van der Waals surface area contributed by atoms with Crippen molar-refractivity contribution in [2.45, 2.75) is 37.3 Å². The van der Waals surface area contributed by atoms with E-state index in [9.17, 15) is 30.3 Å². The maximum absolute atomic E-state index is 12.4. The lowest BCUT2D eigenvalue weighted by Crippen LogP contribution is -2.60. The average molecular weight is 466 g/mol. The van der Waals surface area contributed by atoms with Crippen LogP contribution in [-0.2, 0) is 16.1 Å². The fourth-order valence-electron chi connectivity index (χ4n) is 3.24. The molecule has 0 radical (unpaired) electrons. The molecule has 1 aliphatic heterocycles. The van der Waals surface area contributed by atoms with Gasteiger partial charge in [-0.3, -0.25) is 0 Å². The van der Waals surface area contributed by atoms with Crippen LogP contribution in [0.15, 0.2) is 36.4 Å². The summed E-state index contributed by atoms with van der Waals surface area (Å²) < 4.78 is 26.4. The van der Waals surface area contributed by atoms with Crippen LogP contribution < -0.4 is 14.2 Å². The molecule has 1 aliphatic rings. The van der Waals surface area contributed by atoms with Gasteiger partial charge in [0.15, 0.2) is 11.5 Å². The minimum Gasteiger partial charge on any atom is -0.504 e. The van der Waals surface area contributed by atoms with Gasteiger partial charge in [-0.05, 0) is 35.9 Å². The van der Waals surface area contributed by atoms with Crippen molar-refractivity contribution < 1.29 is 54.0 Å². The minimum absolute atomic E-state index is 0.0750. The molecule has 11 nitrogen and oxygen atoms in total. The van der Waals surface area contributed by atoms with Crippen molar-refractivity contribution in [3.05, 3.63) is 47.5 Å². The lowest BCUT2D eigenvalue weighted by molar-refractivity contribution is -0.277. The minimum atomic E-state index is -1.65. The largest absolute Gasteiger partial charge is 0.504 e. The molecule has 5 N–H and O–H groups in total. The number of carbonyl (C=O) groups is 1.